The summed E-state index contributed by atoms with van der Waals surface area (Å²) in [6.45, 7) is 1.77. The van der Waals surface area contributed by atoms with E-state index in [0.29, 0.717) is 44.1 Å². The molecule has 2 saturated heterocycles. The molecule has 1 amide bonds. The van der Waals surface area contributed by atoms with Crippen molar-refractivity contribution in [3.05, 3.63) is 59.9 Å². The summed E-state index contributed by atoms with van der Waals surface area (Å²) in [5.41, 5.74) is 0.525. The zero-order valence-electron chi connectivity index (χ0n) is 15.4. The summed E-state index contributed by atoms with van der Waals surface area (Å²) in [4.78, 5) is 30.6. The van der Waals surface area contributed by atoms with E-state index in [4.69, 9.17) is 9.47 Å². The highest BCUT2D eigenvalue weighted by Gasteiger charge is 2.54. The number of benzene rings is 1. The maximum Gasteiger partial charge on any atom is 0.311 e. The van der Waals surface area contributed by atoms with Gasteiger partial charge in [0.05, 0.1) is 12.0 Å². The average molecular weight is 382 g/mol. The van der Waals surface area contributed by atoms with Crippen molar-refractivity contribution < 1.29 is 24.2 Å². The second kappa shape index (κ2) is 7.59. The third-order valence-corrected chi connectivity index (χ3v) is 5.63. The minimum absolute atomic E-state index is 0.173. The molecule has 2 aliphatic heterocycles. The zero-order valence-corrected chi connectivity index (χ0v) is 15.4. The Balaban J connectivity index is 1.47. The number of ether oxygens (including phenoxy) is 2. The maximum absolute atomic E-state index is 13.0. The Morgan fingerprint density at radius 2 is 2.21 bits per heavy atom. The smallest absolute Gasteiger partial charge is 0.311 e. The highest BCUT2D eigenvalue weighted by molar-refractivity contribution is 5.95. The number of nitrogens with zero attached hydrogens (tertiary/aromatic N) is 2. The fourth-order valence-electron chi connectivity index (χ4n) is 4.01. The first-order valence-electron chi connectivity index (χ1n) is 9.31. The molecule has 0 bridgehead atoms. The van der Waals surface area contributed by atoms with Gasteiger partial charge in [-0.05, 0) is 30.7 Å². The number of likely N-dealkylation sites (tertiary alicyclic amines) is 1. The molecule has 1 aromatic carbocycles. The van der Waals surface area contributed by atoms with Crippen molar-refractivity contribution in [1.29, 1.82) is 0 Å². The predicted octanol–water partition coefficient (Wildman–Crippen LogP) is 2.22. The number of rotatable bonds is 5. The molecule has 3 heterocycles. The molecule has 7 heteroatoms. The fourth-order valence-corrected chi connectivity index (χ4v) is 4.01. The monoisotopic (exact) mass is 382 g/mol. The molecule has 1 aromatic heterocycles. The number of aliphatic carboxylic acids is 1. The van der Waals surface area contributed by atoms with E-state index in [1.54, 1.807) is 41.6 Å². The number of hydrogen-bond acceptors (Lipinski definition) is 5. The van der Waals surface area contributed by atoms with Crippen molar-refractivity contribution in [3.8, 4) is 5.75 Å². The van der Waals surface area contributed by atoms with Crippen molar-refractivity contribution in [2.45, 2.75) is 13.0 Å². The van der Waals surface area contributed by atoms with Gasteiger partial charge >= 0.3 is 5.97 Å². The standard InChI is InChI=1S/C21H22N2O5/c24-19(23-11-17-13-27-8-6-21(17,14-23)20(25)26)16-4-1-5-18(9-16)28-12-15-3-2-7-22-10-15/h1-5,7,9-10,17H,6,8,11-14H2,(H,25,26)/t17-,21+/m0/s1. The quantitative estimate of drug-likeness (QED) is 0.853. The van der Waals surface area contributed by atoms with Gasteiger partial charge in [0, 0.05) is 49.1 Å². The SMILES string of the molecule is O=C(c1cccc(OCc2cccnc2)c1)N1C[C@H]2COCC[C@@]2(C(=O)O)C1. The molecule has 2 aromatic rings. The van der Waals surface area contributed by atoms with Gasteiger partial charge in [0.15, 0.2) is 0 Å². The minimum atomic E-state index is -0.900. The van der Waals surface area contributed by atoms with E-state index in [1.807, 2.05) is 12.1 Å². The third kappa shape index (κ3) is 3.45. The van der Waals surface area contributed by atoms with Gasteiger partial charge in [0.2, 0.25) is 0 Å². The Morgan fingerprint density at radius 3 is 2.96 bits per heavy atom. The number of carboxylic acid groups (broad SMARTS) is 1. The maximum atomic E-state index is 13.0. The first-order valence-corrected chi connectivity index (χ1v) is 9.31. The van der Waals surface area contributed by atoms with Gasteiger partial charge in [-0.25, -0.2) is 0 Å². The van der Waals surface area contributed by atoms with Crippen molar-refractivity contribution in [2.24, 2.45) is 11.3 Å². The molecule has 2 atom stereocenters. The molecule has 4 rings (SSSR count). The number of fused-ring (bicyclic) bond motifs is 1. The Labute approximate surface area is 162 Å². The summed E-state index contributed by atoms with van der Waals surface area (Å²) in [5.74, 6) is -0.609. The fraction of sp³-hybridized carbons (Fsp3) is 0.381. The van der Waals surface area contributed by atoms with Crippen LogP contribution in [0, 0.1) is 11.3 Å². The summed E-state index contributed by atoms with van der Waals surface area (Å²) < 4.78 is 11.2. The van der Waals surface area contributed by atoms with Crippen molar-refractivity contribution in [2.75, 3.05) is 26.3 Å². The van der Waals surface area contributed by atoms with Crippen LogP contribution in [0.3, 0.4) is 0 Å². The Bertz CT molecular complexity index is 872. The van der Waals surface area contributed by atoms with Gasteiger partial charge in [-0.2, -0.15) is 0 Å². The van der Waals surface area contributed by atoms with Crippen molar-refractivity contribution in [1.82, 2.24) is 9.88 Å². The van der Waals surface area contributed by atoms with Gasteiger partial charge in [-0.1, -0.05) is 12.1 Å². The van der Waals surface area contributed by atoms with Crippen LogP contribution in [-0.4, -0.2) is 53.2 Å². The molecule has 2 fully saturated rings. The summed E-state index contributed by atoms with van der Waals surface area (Å²) in [7, 11) is 0. The Kier molecular flexibility index (Phi) is 5.00. The second-order valence-electron chi connectivity index (χ2n) is 7.35. The molecule has 2 aliphatic rings. The number of amides is 1. The average Bonchev–Trinajstić information content (AvgIpc) is 3.14. The van der Waals surface area contributed by atoms with Crippen LogP contribution in [0.2, 0.25) is 0 Å². The number of carboxylic acids is 1. The lowest BCUT2D eigenvalue weighted by molar-refractivity contribution is -0.157. The second-order valence-corrected chi connectivity index (χ2v) is 7.35. The van der Waals surface area contributed by atoms with Crippen LogP contribution in [-0.2, 0) is 16.1 Å². The summed E-state index contributed by atoms with van der Waals surface area (Å²) in [5, 5.41) is 9.77. The third-order valence-electron chi connectivity index (χ3n) is 5.63. The van der Waals surface area contributed by atoms with Crippen LogP contribution in [0.1, 0.15) is 22.3 Å². The van der Waals surface area contributed by atoms with E-state index in [1.165, 1.54) is 0 Å². The van der Waals surface area contributed by atoms with Crippen molar-refractivity contribution in [3.63, 3.8) is 0 Å². The van der Waals surface area contributed by atoms with Crippen LogP contribution >= 0.6 is 0 Å². The van der Waals surface area contributed by atoms with Gasteiger partial charge in [-0.3, -0.25) is 14.6 Å². The molecule has 7 nitrogen and oxygen atoms in total. The van der Waals surface area contributed by atoms with E-state index in [0.717, 1.165) is 5.56 Å². The minimum Gasteiger partial charge on any atom is -0.489 e. The van der Waals surface area contributed by atoms with E-state index >= 15 is 0 Å². The predicted molar refractivity (Wildman–Crippen MR) is 99.9 cm³/mol. The van der Waals surface area contributed by atoms with Crippen LogP contribution < -0.4 is 4.74 Å². The zero-order chi connectivity index (χ0) is 19.6. The van der Waals surface area contributed by atoms with Gasteiger partial charge in [0.1, 0.15) is 12.4 Å². The molecular formula is C21H22N2O5. The van der Waals surface area contributed by atoms with E-state index < -0.39 is 11.4 Å². The van der Waals surface area contributed by atoms with Gasteiger partial charge in [-0.15, -0.1) is 0 Å². The highest BCUT2D eigenvalue weighted by Crippen LogP contribution is 2.42. The van der Waals surface area contributed by atoms with Crippen LogP contribution in [0.5, 0.6) is 5.75 Å². The summed E-state index contributed by atoms with van der Waals surface area (Å²) in [6.07, 6.45) is 3.87. The lowest BCUT2D eigenvalue weighted by Crippen LogP contribution is -2.45. The summed E-state index contributed by atoms with van der Waals surface area (Å²) in [6, 6.07) is 10.7. The molecule has 0 saturated carbocycles. The molecule has 0 radical (unpaired) electrons. The van der Waals surface area contributed by atoms with E-state index in [-0.39, 0.29) is 18.4 Å². The lowest BCUT2D eigenvalue weighted by atomic mass is 9.74. The van der Waals surface area contributed by atoms with E-state index in [9.17, 15) is 14.7 Å². The largest absolute Gasteiger partial charge is 0.489 e. The van der Waals surface area contributed by atoms with Gasteiger partial charge < -0.3 is 19.5 Å². The molecule has 0 aliphatic carbocycles. The highest BCUT2D eigenvalue weighted by atomic mass is 16.5. The van der Waals surface area contributed by atoms with Crippen molar-refractivity contribution >= 4 is 11.9 Å². The molecule has 146 valence electrons. The topological polar surface area (TPSA) is 89.0 Å². The number of carbonyl (C=O) groups excluding carboxylic acids is 1. The first-order chi connectivity index (χ1) is 13.6. The number of hydrogen-bond donors (Lipinski definition) is 1. The lowest BCUT2D eigenvalue weighted by Gasteiger charge is -2.33. The van der Waals surface area contributed by atoms with Crippen LogP contribution in [0.4, 0.5) is 0 Å². The molecule has 0 unspecified atom stereocenters. The van der Waals surface area contributed by atoms with E-state index in [2.05, 4.69) is 4.98 Å². The first kappa shape index (κ1) is 18.4. The Morgan fingerprint density at radius 1 is 1.32 bits per heavy atom. The molecule has 1 N–H and O–H groups in total. The van der Waals surface area contributed by atoms with Crippen LogP contribution in [0.15, 0.2) is 48.8 Å². The Hall–Kier alpha value is -2.93. The van der Waals surface area contributed by atoms with Gasteiger partial charge in [0.25, 0.3) is 5.91 Å². The molecular weight excluding hydrogens is 360 g/mol. The normalized spacial score (nSPS) is 23.9. The molecule has 0 spiro atoms. The number of pyridine rings is 1. The van der Waals surface area contributed by atoms with Crippen LogP contribution in [0.25, 0.3) is 0 Å². The number of carbonyl (C=O) groups is 2. The summed E-state index contributed by atoms with van der Waals surface area (Å²) >= 11 is 0. The molecule has 28 heavy (non-hydrogen) atoms. The number of aromatic nitrogens is 1.